The van der Waals surface area contributed by atoms with Crippen LogP contribution in [0.4, 0.5) is 11.4 Å². The first kappa shape index (κ1) is 12.7. The minimum Gasteiger partial charge on any atom is -0.326 e. The smallest absolute Gasteiger partial charge is 0.200 e. The van der Waals surface area contributed by atoms with E-state index < -0.39 is 0 Å². The minimum atomic E-state index is 0.688. The number of hydrogen-bond donors (Lipinski definition) is 2. The Kier molecular flexibility index (Phi) is 3.57. The number of para-hydroxylation sites is 2. The summed E-state index contributed by atoms with van der Waals surface area (Å²) in [6.45, 7) is 0.688. The molecule has 0 atom stereocenters. The fraction of sp³-hybridized carbons (Fsp3) is 0.0714. The number of nitrogens with one attached hydrogen (secondary N) is 2. The molecular formula is C14H11Br2N3. The third-order valence-electron chi connectivity index (χ3n) is 2.88. The molecule has 0 spiro atoms. The van der Waals surface area contributed by atoms with Crippen molar-refractivity contribution in [3.63, 3.8) is 0 Å². The van der Waals surface area contributed by atoms with Crippen molar-refractivity contribution in [1.29, 1.82) is 0 Å². The van der Waals surface area contributed by atoms with Crippen molar-refractivity contribution in [2.45, 2.75) is 6.54 Å². The molecule has 1 heterocycles. The van der Waals surface area contributed by atoms with Crippen LogP contribution in [0.5, 0.6) is 0 Å². The lowest BCUT2D eigenvalue weighted by Gasteiger charge is -2.20. The van der Waals surface area contributed by atoms with E-state index in [0.717, 1.165) is 26.3 Å². The monoisotopic (exact) mass is 379 g/mol. The van der Waals surface area contributed by atoms with E-state index >= 15 is 0 Å². The maximum absolute atomic E-state index is 4.50. The largest absolute Gasteiger partial charge is 0.326 e. The maximum atomic E-state index is 4.50. The second-order valence-electron chi connectivity index (χ2n) is 4.17. The summed E-state index contributed by atoms with van der Waals surface area (Å²) in [4.78, 5) is 4.50. The number of fused-ring (bicyclic) bond motifs is 1. The molecule has 0 saturated heterocycles. The van der Waals surface area contributed by atoms with Crippen molar-refractivity contribution in [3.05, 3.63) is 57.0 Å². The van der Waals surface area contributed by atoms with Gasteiger partial charge in [0.25, 0.3) is 0 Å². The topological polar surface area (TPSA) is 36.4 Å². The number of anilines is 2. The number of halogens is 2. The van der Waals surface area contributed by atoms with Gasteiger partial charge >= 0.3 is 0 Å². The van der Waals surface area contributed by atoms with Crippen LogP contribution < -0.4 is 10.6 Å². The van der Waals surface area contributed by atoms with Gasteiger partial charge in [-0.3, -0.25) is 0 Å². The molecule has 96 valence electrons. The lowest BCUT2D eigenvalue weighted by atomic mass is 10.1. The second-order valence-corrected chi connectivity index (χ2v) is 5.88. The van der Waals surface area contributed by atoms with Crippen molar-refractivity contribution >= 4 is 49.2 Å². The molecule has 5 heteroatoms. The van der Waals surface area contributed by atoms with Crippen molar-refractivity contribution < 1.29 is 0 Å². The van der Waals surface area contributed by atoms with Crippen molar-refractivity contribution in [1.82, 2.24) is 0 Å². The first-order chi connectivity index (χ1) is 9.24. The number of aliphatic imine (C=N–C) groups is 1. The average molecular weight is 381 g/mol. The highest BCUT2D eigenvalue weighted by atomic mass is 79.9. The molecule has 2 N–H and O–H groups in total. The van der Waals surface area contributed by atoms with Crippen LogP contribution in [0.1, 0.15) is 5.56 Å². The van der Waals surface area contributed by atoms with E-state index in [-0.39, 0.29) is 0 Å². The standard InChI is InChI=1S/C14H11Br2N3/c15-10-5-3-6-11(16)13(10)19-14-17-8-9-4-1-2-7-12(9)18-14/h1-7H,8H2,(H2,17,18,19). The van der Waals surface area contributed by atoms with Crippen LogP contribution in [0.25, 0.3) is 0 Å². The number of guanidine groups is 1. The van der Waals surface area contributed by atoms with Gasteiger partial charge < -0.3 is 10.6 Å². The molecule has 1 aliphatic rings. The van der Waals surface area contributed by atoms with E-state index in [1.54, 1.807) is 0 Å². The predicted molar refractivity (Wildman–Crippen MR) is 86.7 cm³/mol. The van der Waals surface area contributed by atoms with Gasteiger partial charge in [0.05, 0.1) is 12.2 Å². The summed E-state index contributed by atoms with van der Waals surface area (Å²) in [7, 11) is 0. The van der Waals surface area contributed by atoms with Crippen molar-refractivity contribution in [2.24, 2.45) is 4.99 Å². The minimum absolute atomic E-state index is 0.688. The molecule has 0 fully saturated rings. The number of nitrogens with zero attached hydrogens (tertiary/aromatic N) is 1. The van der Waals surface area contributed by atoms with Crippen LogP contribution in [-0.2, 0) is 6.54 Å². The van der Waals surface area contributed by atoms with E-state index in [0.29, 0.717) is 6.54 Å². The van der Waals surface area contributed by atoms with Gasteiger partial charge in [-0.25, -0.2) is 4.99 Å². The molecule has 19 heavy (non-hydrogen) atoms. The molecule has 0 aromatic heterocycles. The summed E-state index contributed by atoms with van der Waals surface area (Å²) in [5.41, 5.74) is 3.27. The molecular weight excluding hydrogens is 370 g/mol. The van der Waals surface area contributed by atoms with Crippen LogP contribution >= 0.6 is 31.9 Å². The molecule has 1 aliphatic heterocycles. The van der Waals surface area contributed by atoms with Gasteiger partial charge in [0.1, 0.15) is 0 Å². The van der Waals surface area contributed by atoms with Crippen LogP contribution in [0.3, 0.4) is 0 Å². The lowest BCUT2D eigenvalue weighted by molar-refractivity contribution is 1.04. The van der Waals surface area contributed by atoms with E-state index in [4.69, 9.17) is 0 Å². The molecule has 0 saturated carbocycles. The van der Waals surface area contributed by atoms with E-state index in [1.807, 2.05) is 30.3 Å². The predicted octanol–water partition coefficient (Wildman–Crippen LogP) is 4.61. The highest BCUT2D eigenvalue weighted by molar-refractivity contribution is 9.11. The zero-order valence-electron chi connectivity index (χ0n) is 9.95. The zero-order chi connectivity index (χ0) is 13.2. The zero-order valence-corrected chi connectivity index (χ0v) is 13.1. The summed E-state index contributed by atoms with van der Waals surface area (Å²) in [6.07, 6.45) is 0. The molecule has 2 aromatic rings. The van der Waals surface area contributed by atoms with Crippen molar-refractivity contribution in [3.8, 4) is 0 Å². The number of rotatable bonds is 1. The SMILES string of the molecule is Brc1cccc(Br)c1NC1=NCc2ccccc2N1. The van der Waals surface area contributed by atoms with Gasteiger partial charge in [0, 0.05) is 14.6 Å². The van der Waals surface area contributed by atoms with E-state index in [2.05, 4.69) is 59.6 Å². The van der Waals surface area contributed by atoms with Crippen LogP contribution in [0.15, 0.2) is 56.4 Å². The average Bonchev–Trinajstić information content (AvgIpc) is 2.43. The Balaban J connectivity index is 1.85. The molecule has 0 aliphatic carbocycles. The normalized spacial score (nSPS) is 13.3. The van der Waals surface area contributed by atoms with Crippen LogP contribution in [-0.4, -0.2) is 5.96 Å². The Bertz CT molecular complexity index is 633. The molecule has 0 unspecified atom stereocenters. The molecule has 2 aromatic carbocycles. The maximum Gasteiger partial charge on any atom is 0.200 e. The fourth-order valence-electron chi connectivity index (χ4n) is 1.92. The summed E-state index contributed by atoms with van der Waals surface area (Å²) < 4.78 is 1.98. The summed E-state index contributed by atoms with van der Waals surface area (Å²) in [5.74, 6) is 0.756. The van der Waals surface area contributed by atoms with Crippen molar-refractivity contribution in [2.75, 3.05) is 10.6 Å². The first-order valence-electron chi connectivity index (χ1n) is 5.84. The molecule has 0 radical (unpaired) electrons. The third kappa shape index (κ3) is 2.67. The molecule has 0 amide bonds. The van der Waals surface area contributed by atoms with Gasteiger partial charge in [-0.05, 0) is 55.6 Å². The molecule has 0 bridgehead atoms. The third-order valence-corrected chi connectivity index (χ3v) is 4.21. The highest BCUT2D eigenvalue weighted by Gasteiger charge is 2.13. The Morgan fingerprint density at radius 2 is 1.74 bits per heavy atom. The van der Waals surface area contributed by atoms with Gasteiger partial charge in [0.2, 0.25) is 5.96 Å². The molecule has 3 rings (SSSR count). The summed E-state index contributed by atoms with van der Waals surface area (Å²) >= 11 is 7.06. The van der Waals surface area contributed by atoms with Crippen LogP contribution in [0.2, 0.25) is 0 Å². The fourth-order valence-corrected chi connectivity index (χ4v) is 3.11. The Morgan fingerprint density at radius 3 is 2.53 bits per heavy atom. The second kappa shape index (κ2) is 5.35. The summed E-state index contributed by atoms with van der Waals surface area (Å²) in [5, 5.41) is 6.60. The summed E-state index contributed by atoms with van der Waals surface area (Å²) in [6, 6.07) is 14.1. The first-order valence-corrected chi connectivity index (χ1v) is 7.43. The van der Waals surface area contributed by atoms with Gasteiger partial charge in [-0.1, -0.05) is 24.3 Å². The Hall–Kier alpha value is -1.33. The lowest BCUT2D eigenvalue weighted by Crippen LogP contribution is -2.26. The Labute approximate surface area is 128 Å². The van der Waals surface area contributed by atoms with E-state index in [9.17, 15) is 0 Å². The number of benzene rings is 2. The highest BCUT2D eigenvalue weighted by Crippen LogP contribution is 2.31. The van der Waals surface area contributed by atoms with E-state index in [1.165, 1.54) is 5.56 Å². The Morgan fingerprint density at radius 1 is 1.00 bits per heavy atom. The van der Waals surface area contributed by atoms with Gasteiger partial charge in [-0.2, -0.15) is 0 Å². The quantitative estimate of drug-likeness (QED) is 0.758. The van der Waals surface area contributed by atoms with Gasteiger partial charge in [0.15, 0.2) is 0 Å². The van der Waals surface area contributed by atoms with Gasteiger partial charge in [-0.15, -0.1) is 0 Å². The van der Waals surface area contributed by atoms with Crippen LogP contribution in [0, 0.1) is 0 Å². The number of hydrogen-bond acceptors (Lipinski definition) is 3. The molecule has 3 nitrogen and oxygen atoms in total.